The molecule has 0 bridgehead atoms. The lowest BCUT2D eigenvalue weighted by atomic mass is 9.97. The number of amidine groups is 2. The molecule has 5 aliphatic rings. The highest BCUT2D eigenvalue weighted by Crippen LogP contribution is 2.63. The standard InChI is InChI=1S/C27H33N5/c1-17(31-25(28)11-18-5-6-18)27-10-9-21(23(27)14-27)15-29-22-4-2-3-20(13-22)24-16-30-26(32-24)12-19-7-8-19/h2-4,13,18-19,28-29H,5-12,14-16H2,1H3/b28-25?,31-17+. The molecule has 0 spiro atoms. The zero-order chi connectivity index (χ0) is 21.7. The molecule has 0 saturated heterocycles. The van der Waals surface area contributed by atoms with Gasteiger partial charge in [0.1, 0.15) is 11.7 Å². The van der Waals surface area contributed by atoms with Crippen molar-refractivity contribution in [2.45, 2.75) is 64.7 Å². The molecule has 5 nitrogen and oxygen atoms in total. The molecule has 1 aromatic rings. The van der Waals surface area contributed by atoms with Crippen molar-refractivity contribution in [3.63, 3.8) is 0 Å². The molecule has 166 valence electrons. The van der Waals surface area contributed by atoms with Crippen LogP contribution in [0.5, 0.6) is 0 Å². The molecule has 0 radical (unpaired) electrons. The topological polar surface area (TPSA) is 73.0 Å². The number of hydrogen-bond donors (Lipinski definition) is 2. The average molecular weight is 428 g/mol. The van der Waals surface area contributed by atoms with Crippen LogP contribution in [0.15, 0.2) is 50.4 Å². The van der Waals surface area contributed by atoms with Gasteiger partial charge >= 0.3 is 0 Å². The van der Waals surface area contributed by atoms with Gasteiger partial charge in [-0.2, -0.15) is 0 Å². The van der Waals surface area contributed by atoms with E-state index in [1.54, 1.807) is 11.1 Å². The van der Waals surface area contributed by atoms with Crippen LogP contribution >= 0.6 is 0 Å². The third-order valence-corrected chi connectivity index (χ3v) is 7.93. The second-order valence-electron chi connectivity index (χ2n) is 10.5. The predicted molar refractivity (Wildman–Crippen MR) is 133 cm³/mol. The van der Waals surface area contributed by atoms with Gasteiger partial charge in [0, 0.05) is 36.2 Å². The minimum Gasteiger partial charge on any atom is -0.381 e. The summed E-state index contributed by atoms with van der Waals surface area (Å²) in [6.07, 6.45) is 10.7. The summed E-state index contributed by atoms with van der Waals surface area (Å²) in [6, 6.07) is 8.65. The van der Waals surface area contributed by atoms with E-state index in [9.17, 15) is 0 Å². The number of hydrogen-bond acceptors (Lipinski definition) is 4. The summed E-state index contributed by atoms with van der Waals surface area (Å²) < 4.78 is 0. The highest BCUT2D eigenvalue weighted by atomic mass is 15.0. The molecule has 6 rings (SSSR count). The highest BCUT2D eigenvalue weighted by Gasteiger charge is 2.55. The Morgan fingerprint density at radius 2 is 2.06 bits per heavy atom. The van der Waals surface area contributed by atoms with E-state index in [2.05, 4.69) is 41.5 Å². The fraction of sp³-hybridized carbons (Fsp3) is 0.556. The summed E-state index contributed by atoms with van der Waals surface area (Å²) in [7, 11) is 0. The number of nitrogens with zero attached hydrogens (tertiary/aromatic N) is 3. The van der Waals surface area contributed by atoms with E-state index in [-0.39, 0.29) is 5.41 Å². The van der Waals surface area contributed by atoms with Crippen molar-refractivity contribution in [3.05, 3.63) is 41.0 Å². The van der Waals surface area contributed by atoms with Crippen molar-refractivity contribution in [2.75, 3.05) is 18.4 Å². The largest absolute Gasteiger partial charge is 0.381 e. The van der Waals surface area contributed by atoms with Gasteiger partial charge in [-0.3, -0.25) is 10.4 Å². The minimum atomic E-state index is 0.183. The molecule has 4 aliphatic carbocycles. The van der Waals surface area contributed by atoms with Gasteiger partial charge < -0.3 is 5.32 Å². The summed E-state index contributed by atoms with van der Waals surface area (Å²) in [5.74, 6) is 3.20. The summed E-state index contributed by atoms with van der Waals surface area (Å²) in [5, 5.41) is 11.9. The second kappa shape index (κ2) is 7.79. The Kier molecular flexibility index (Phi) is 4.89. The Bertz CT molecular complexity index is 1080. The smallest absolute Gasteiger partial charge is 0.124 e. The van der Waals surface area contributed by atoms with Crippen LogP contribution in [0.1, 0.15) is 70.3 Å². The van der Waals surface area contributed by atoms with E-state index < -0.39 is 0 Å². The maximum Gasteiger partial charge on any atom is 0.124 e. The van der Waals surface area contributed by atoms with Crippen molar-refractivity contribution < 1.29 is 0 Å². The maximum absolute atomic E-state index is 8.21. The first kappa shape index (κ1) is 20.1. The van der Waals surface area contributed by atoms with Crippen molar-refractivity contribution in [2.24, 2.45) is 32.2 Å². The molecule has 32 heavy (non-hydrogen) atoms. The minimum absolute atomic E-state index is 0.183. The Morgan fingerprint density at radius 1 is 1.22 bits per heavy atom. The molecule has 3 saturated carbocycles. The normalized spacial score (nSPS) is 26.7. The van der Waals surface area contributed by atoms with E-state index in [4.69, 9.17) is 15.4 Å². The van der Waals surface area contributed by atoms with Crippen molar-refractivity contribution in [1.82, 2.24) is 0 Å². The summed E-state index contributed by atoms with van der Waals surface area (Å²) >= 11 is 0. The Hall–Kier alpha value is -2.56. The van der Waals surface area contributed by atoms with Crippen molar-refractivity contribution >= 4 is 28.8 Å². The van der Waals surface area contributed by atoms with Crippen LogP contribution in [0.4, 0.5) is 5.69 Å². The van der Waals surface area contributed by atoms with Crippen LogP contribution in [-0.4, -0.2) is 36.2 Å². The van der Waals surface area contributed by atoms with Crippen molar-refractivity contribution in [1.29, 1.82) is 5.41 Å². The molecular weight excluding hydrogens is 394 g/mol. The summed E-state index contributed by atoms with van der Waals surface area (Å²) in [4.78, 5) is 14.2. The molecule has 1 aliphatic heterocycles. The summed E-state index contributed by atoms with van der Waals surface area (Å²) in [6.45, 7) is 3.77. The molecular formula is C27H33N5. The third-order valence-electron chi connectivity index (χ3n) is 7.93. The van der Waals surface area contributed by atoms with Crippen LogP contribution in [0.25, 0.3) is 0 Å². The van der Waals surface area contributed by atoms with Gasteiger partial charge in [0.15, 0.2) is 0 Å². The molecule has 0 aromatic heterocycles. The van der Waals surface area contributed by atoms with Crippen LogP contribution in [0.2, 0.25) is 0 Å². The van der Waals surface area contributed by atoms with E-state index in [0.29, 0.717) is 5.84 Å². The molecule has 1 aromatic carbocycles. The van der Waals surface area contributed by atoms with Gasteiger partial charge in [-0.05, 0) is 81.4 Å². The predicted octanol–water partition coefficient (Wildman–Crippen LogP) is 5.82. The number of allylic oxidation sites excluding steroid dienone is 1. The van der Waals surface area contributed by atoms with Gasteiger partial charge in [-0.25, -0.2) is 9.98 Å². The molecule has 2 N–H and O–H groups in total. The van der Waals surface area contributed by atoms with Crippen LogP contribution in [0.3, 0.4) is 0 Å². The van der Waals surface area contributed by atoms with Gasteiger partial charge in [-0.1, -0.05) is 23.3 Å². The number of fused-ring (bicyclic) bond motifs is 1. The SMILES string of the molecule is C/C(=N\C(=N)CC1CC1)C12CCC(CNc3cccc(C4=NC(CC5CC5)=NC4)c3)=C1C2. The van der Waals surface area contributed by atoms with Gasteiger partial charge in [-0.15, -0.1) is 0 Å². The third kappa shape index (κ3) is 4.10. The highest BCUT2D eigenvalue weighted by molar-refractivity contribution is 6.13. The molecule has 3 fully saturated rings. The number of anilines is 1. The first-order chi connectivity index (χ1) is 15.6. The second-order valence-corrected chi connectivity index (χ2v) is 10.5. The van der Waals surface area contributed by atoms with Gasteiger partial charge in [0.05, 0.1) is 12.3 Å². The number of benzene rings is 1. The monoisotopic (exact) mass is 427 g/mol. The molecule has 1 atom stereocenters. The zero-order valence-electron chi connectivity index (χ0n) is 19.1. The molecule has 5 heteroatoms. The lowest BCUT2D eigenvalue weighted by Crippen LogP contribution is -2.13. The lowest BCUT2D eigenvalue weighted by Gasteiger charge is -2.11. The molecule has 1 heterocycles. The first-order valence-corrected chi connectivity index (χ1v) is 12.4. The van der Waals surface area contributed by atoms with E-state index >= 15 is 0 Å². The summed E-state index contributed by atoms with van der Waals surface area (Å²) in [5.41, 5.74) is 7.94. The van der Waals surface area contributed by atoms with Crippen LogP contribution in [-0.2, 0) is 0 Å². The quantitative estimate of drug-likeness (QED) is 0.291. The number of rotatable bonds is 9. The van der Waals surface area contributed by atoms with Crippen LogP contribution < -0.4 is 5.32 Å². The first-order valence-electron chi connectivity index (χ1n) is 12.4. The molecule has 1 unspecified atom stereocenters. The van der Waals surface area contributed by atoms with E-state index in [1.807, 2.05) is 0 Å². The van der Waals surface area contributed by atoms with Crippen molar-refractivity contribution in [3.8, 4) is 0 Å². The fourth-order valence-corrected chi connectivity index (χ4v) is 5.40. The zero-order valence-corrected chi connectivity index (χ0v) is 19.1. The Labute approximate surface area is 190 Å². The fourth-order valence-electron chi connectivity index (χ4n) is 5.40. The van der Waals surface area contributed by atoms with E-state index in [1.165, 1.54) is 43.4 Å². The van der Waals surface area contributed by atoms with Gasteiger partial charge in [0.2, 0.25) is 0 Å². The van der Waals surface area contributed by atoms with E-state index in [0.717, 1.165) is 67.8 Å². The number of aliphatic imine (C=N–C) groups is 3. The Balaban J connectivity index is 1.08. The number of nitrogens with one attached hydrogen (secondary N) is 2. The molecule has 0 amide bonds. The maximum atomic E-state index is 8.21. The Morgan fingerprint density at radius 3 is 2.84 bits per heavy atom. The lowest BCUT2D eigenvalue weighted by molar-refractivity contribution is 0.668. The average Bonchev–Trinajstić information content (AvgIpc) is 3.73. The van der Waals surface area contributed by atoms with Gasteiger partial charge in [0.25, 0.3) is 0 Å². The van der Waals surface area contributed by atoms with Crippen LogP contribution in [0, 0.1) is 22.7 Å².